The number of carbonyl (C=O) groups excluding carboxylic acids is 1. The van der Waals surface area contributed by atoms with E-state index in [4.69, 9.17) is 0 Å². The molecular weight excluding hydrogens is 334 g/mol. The molecule has 1 amide bonds. The quantitative estimate of drug-likeness (QED) is 0.864. The Labute approximate surface area is 164 Å². The van der Waals surface area contributed by atoms with Gasteiger partial charge in [0.2, 0.25) is 5.91 Å². The van der Waals surface area contributed by atoms with Gasteiger partial charge in [-0.25, -0.2) is 0 Å². The fourth-order valence-electron chi connectivity index (χ4n) is 5.54. The summed E-state index contributed by atoms with van der Waals surface area (Å²) in [6, 6.07) is 13.0. The maximum absolute atomic E-state index is 12.9. The van der Waals surface area contributed by atoms with Gasteiger partial charge in [0.15, 0.2) is 0 Å². The molecule has 4 rings (SSSR count). The van der Waals surface area contributed by atoms with E-state index >= 15 is 0 Å². The molecule has 4 heteroatoms. The Morgan fingerprint density at radius 2 is 1.81 bits per heavy atom. The molecule has 3 aliphatic rings. The third-order valence-corrected chi connectivity index (χ3v) is 7.19. The first-order valence-corrected chi connectivity index (χ1v) is 10.9. The number of carbonyl (C=O) groups is 1. The number of hydrogen-bond acceptors (Lipinski definition) is 3. The van der Waals surface area contributed by atoms with Crippen LogP contribution in [0.5, 0.6) is 0 Å². The molecule has 0 aromatic heterocycles. The van der Waals surface area contributed by atoms with Gasteiger partial charge in [0.25, 0.3) is 0 Å². The number of benzene rings is 1. The van der Waals surface area contributed by atoms with E-state index in [-0.39, 0.29) is 0 Å². The molecule has 0 radical (unpaired) electrons. The van der Waals surface area contributed by atoms with Gasteiger partial charge in [-0.1, -0.05) is 30.3 Å². The summed E-state index contributed by atoms with van der Waals surface area (Å²) in [5.74, 6) is 0.962. The van der Waals surface area contributed by atoms with Crippen LogP contribution in [0.15, 0.2) is 30.3 Å². The molecule has 3 heterocycles. The Morgan fingerprint density at radius 1 is 1.11 bits per heavy atom. The topological polar surface area (TPSA) is 35.6 Å². The molecule has 4 nitrogen and oxygen atoms in total. The van der Waals surface area contributed by atoms with Gasteiger partial charge in [-0.3, -0.25) is 9.69 Å². The molecule has 4 unspecified atom stereocenters. The minimum Gasteiger partial charge on any atom is -0.343 e. The standard InChI is InChI=1S/C23H35N3O/c1-17-12-22(10-11-26(17)16-18-6-4-3-5-7-18)25(2)23(27)15-19-13-20-8-9-21(14-19)24-20/h3-7,17,19-22,24H,8-16H2,1-2H3. The van der Waals surface area contributed by atoms with Gasteiger partial charge in [0, 0.05) is 50.7 Å². The number of nitrogens with one attached hydrogen (secondary N) is 1. The van der Waals surface area contributed by atoms with Crippen LogP contribution in [-0.2, 0) is 11.3 Å². The number of amides is 1. The second-order valence-electron chi connectivity index (χ2n) is 9.17. The van der Waals surface area contributed by atoms with E-state index in [1.807, 2.05) is 7.05 Å². The van der Waals surface area contributed by atoms with Gasteiger partial charge in [0.05, 0.1) is 0 Å². The number of nitrogens with zero attached hydrogens (tertiary/aromatic N) is 2. The van der Waals surface area contributed by atoms with E-state index in [1.165, 1.54) is 31.2 Å². The van der Waals surface area contributed by atoms with Crippen LogP contribution in [0.3, 0.4) is 0 Å². The Balaban J connectivity index is 1.27. The van der Waals surface area contributed by atoms with Crippen LogP contribution in [-0.4, -0.2) is 53.5 Å². The Bertz CT molecular complexity index is 622. The second kappa shape index (κ2) is 8.32. The monoisotopic (exact) mass is 369 g/mol. The van der Waals surface area contributed by atoms with Gasteiger partial charge >= 0.3 is 0 Å². The van der Waals surface area contributed by atoms with E-state index in [0.29, 0.717) is 36.0 Å². The lowest BCUT2D eigenvalue weighted by atomic mass is 9.88. The SMILES string of the molecule is CC1CC(N(C)C(=O)CC2CC3CCC(C2)N3)CCN1Cc1ccccc1. The number of likely N-dealkylation sites (tertiary alicyclic amines) is 1. The summed E-state index contributed by atoms with van der Waals surface area (Å²) in [5.41, 5.74) is 1.38. The summed E-state index contributed by atoms with van der Waals surface area (Å²) in [7, 11) is 2.04. The summed E-state index contributed by atoms with van der Waals surface area (Å²) in [6.07, 6.45) is 7.95. The molecule has 4 atom stereocenters. The minimum absolute atomic E-state index is 0.370. The van der Waals surface area contributed by atoms with Crippen molar-refractivity contribution >= 4 is 5.91 Å². The zero-order valence-corrected chi connectivity index (χ0v) is 16.9. The van der Waals surface area contributed by atoms with E-state index in [9.17, 15) is 4.79 Å². The minimum atomic E-state index is 0.370. The summed E-state index contributed by atoms with van der Waals surface area (Å²) < 4.78 is 0. The molecule has 0 saturated carbocycles. The van der Waals surface area contributed by atoms with Crippen molar-refractivity contribution in [2.24, 2.45) is 5.92 Å². The molecule has 148 valence electrons. The van der Waals surface area contributed by atoms with Crippen LogP contribution >= 0.6 is 0 Å². The van der Waals surface area contributed by atoms with Crippen molar-refractivity contribution in [1.82, 2.24) is 15.1 Å². The van der Waals surface area contributed by atoms with Gasteiger partial charge in [-0.2, -0.15) is 0 Å². The molecule has 3 saturated heterocycles. The van der Waals surface area contributed by atoms with Crippen LogP contribution < -0.4 is 5.32 Å². The maximum Gasteiger partial charge on any atom is 0.222 e. The van der Waals surface area contributed by atoms with E-state index in [0.717, 1.165) is 32.4 Å². The first-order valence-electron chi connectivity index (χ1n) is 10.9. The van der Waals surface area contributed by atoms with Crippen molar-refractivity contribution in [2.75, 3.05) is 13.6 Å². The van der Waals surface area contributed by atoms with Crippen LogP contribution in [0.25, 0.3) is 0 Å². The molecule has 3 aliphatic heterocycles. The Morgan fingerprint density at radius 3 is 2.48 bits per heavy atom. The van der Waals surface area contributed by atoms with Gasteiger partial charge in [-0.05, 0) is 56.9 Å². The molecule has 27 heavy (non-hydrogen) atoms. The number of hydrogen-bond donors (Lipinski definition) is 1. The lowest BCUT2D eigenvalue weighted by molar-refractivity contribution is -0.134. The molecule has 1 aromatic rings. The fraction of sp³-hybridized carbons (Fsp3) is 0.696. The summed E-state index contributed by atoms with van der Waals surface area (Å²) >= 11 is 0. The molecule has 1 N–H and O–H groups in total. The van der Waals surface area contributed by atoms with Crippen molar-refractivity contribution in [1.29, 1.82) is 0 Å². The van der Waals surface area contributed by atoms with Crippen LogP contribution in [0.1, 0.15) is 57.4 Å². The highest BCUT2D eigenvalue weighted by atomic mass is 16.2. The molecule has 3 fully saturated rings. The molecule has 0 aliphatic carbocycles. The predicted octanol–water partition coefficient (Wildman–Crippen LogP) is 3.42. The second-order valence-corrected chi connectivity index (χ2v) is 9.17. The largest absolute Gasteiger partial charge is 0.343 e. The number of rotatable bonds is 5. The van der Waals surface area contributed by atoms with Crippen molar-refractivity contribution in [3.05, 3.63) is 35.9 Å². The zero-order valence-electron chi connectivity index (χ0n) is 16.9. The summed E-state index contributed by atoms with van der Waals surface area (Å²) in [5, 5.41) is 3.69. The average molecular weight is 370 g/mol. The van der Waals surface area contributed by atoms with Crippen molar-refractivity contribution < 1.29 is 4.79 Å². The molecule has 1 aromatic carbocycles. The first kappa shape index (κ1) is 18.9. The Hall–Kier alpha value is -1.39. The normalized spacial score (nSPS) is 33.8. The van der Waals surface area contributed by atoms with Crippen molar-refractivity contribution in [3.8, 4) is 0 Å². The Kier molecular flexibility index (Phi) is 5.84. The summed E-state index contributed by atoms with van der Waals surface area (Å²) in [6.45, 7) is 4.41. The van der Waals surface area contributed by atoms with Gasteiger partial charge in [-0.15, -0.1) is 0 Å². The van der Waals surface area contributed by atoms with Crippen LogP contribution in [0.4, 0.5) is 0 Å². The maximum atomic E-state index is 12.9. The van der Waals surface area contributed by atoms with Gasteiger partial charge < -0.3 is 10.2 Å². The van der Waals surface area contributed by atoms with E-state index in [1.54, 1.807) is 0 Å². The van der Waals surface area contributed by atoms with Gasteiger partial charge in [0.1, 0.15) is 0 Å². The first-order chi connectivity index (χ1) is 13.1. The zero-order chi connectivity index (χ0) is 18.8. The van der Waals surface area contributed by atoms with Crippen molar-refractivity contribution in [2.45, 2.75) is 82.6 Å². The van der Waals surface area contributed by atoms with E-state index in [2.05, 4.69) is 52.4 Å². The average Bonchev–Trinajstić information content (AvgIpc) is 3.02. The van der Waals surface area contributed by atoms with Crippen LogP contribution in [0, 0.1) is 5.92 Å². The molecule has 2 bridgehead atoms. The summed E-state index contributed by atoms with van der Waals surface area (Å²) in [4.78, 5) is 17.6. The number of fused-ring (bicyclic) bond motifs is 2. The third-order valence-electron chi connectivity index (χ3n) is 7.19. The molecular formula is C23H35N3O. The predicted molar refractivity (Wildman–Crippen MR) is 109 cm³/mol. The number of piperidine rings is 2. The highest BCUT2D eigenvalue weighted by Crippen LogP contribution is 2.33. The van der Waals surface area contributed by atoms with E-state index < -0.39 is 0 Å². The highest BCUT2D eigenvalue weighted by molar-refractivity contribution is 5.76. The lowest BCUT2D eigenvalue weighted by Crippen LogP contribution is -2.49. The smallest absolute Gasteiger partial charge is 0.222 e. The molecule has 0 spiro atoms. The fourth-order valence-corrected chi connectivity index (χ4v) is 5.54. The highest BCUT2D eigenvalue weighted by Gasteiger charge is 2.36. The lowest BCUT2D eigenvalue weighted by Gasteiger charge is -2.41. The van der Waals surface area contributed by atoms with Crippen LogP contribution in [0.2, 0.25) is 0 Å². The van der Waals surface area contributed by atoms with Crippen molar-refractivity contribution in [3.63, 3.8) is 0 Å². The third kappa shape index (κ3) is 4.55.